The number of imidazole rings is 1. The van der Waals surface area contributed by atoms with Crippen LogP contribution in [0, 0.1) is 0 Å². The van der Waals surface area contributed by atoms with E-state index in [2.05, 4.69) is 15.3 Å². The predicted octanol–water partition coefficient (Wildman–Crippen LogP) is 3.46. The van der Waals surface area contributed by atoms with E-state index in [1.165, 1.54) is 11.8 Å². The summed E-state index contributed by atoms with van der Waals surface area (Å²) in [4.78, 5) is 19.9. The van der Waals surface area contributed by atoms with Gasteiger partial charge in [0.15, 0.2) is 16.7 Å². The van der Waals surface area contributed by atoms with E-state index in [4.69, 9.17) is 14.2 Å². The smallest absolute Gasteiger partial charge is 0.234 e. The third-order valence-electron chi connectivity index (χ3n) is 4.04. The second-order valence-electron chi connectivity index (χ2n) is 5.97. The Morgan fingerprint density at radius 1 is 1.22 bits per heavy atom. The lowest BCUT2D eigenvalue weighted by molar-refractivity contribution is -0.113. The summed E-state index contributed by atoms with van der Waals surface area (Å²) in [6.07, 6.45) is 0.844. The number of carbonyl (C=O) groups is 1. The van der Waals surface area contributed by atoms with Crippen LogP contribution in [0.1, 0.15) is 6.42 Å². The molecular weight excluding hydrogens is 366 g/mol. The normalized spacial score (nSPS) is 13.2. The van der Waals surface area contributed by atoms with E-state index < -0.39 is 0 Å². The van der Waals surface area contributed by atoms with Gasteiger partial charge in [0.05, 0.1) is 37.1 Å². The summed E-state index contributed by atoms with van der Waals surface area (Å²) in [7, 11) is 1.62. The third kappa shape index (κ3) is 4.11. The highest BCUT2D eigenvalue weighted by molar-refractivity contribution is 7.99. The summed E-state index contributed by atoms with van der Waals surface area (Å²) in [5.41, 5.74) is 2.39. The maximum absolute atomic E-state index is 12.3. The number of H-pyrrole nitrogens is 1. The van der Waals surface area contributed by atoms with Crippen molar-refractivity contribution in [3.8, 4) is 17.2 Å². The number of anilines is 1. The highest BCUT2D eigenvalue weighted by Crippen LogP contribution is 2.32. The fourth-order valence-electron chi connectivity index (χ4n) is 2.73. The number of ether oxygens (including phenoxy) is 3. The number of nitrogens with one attached hydrogen (secondary N) is 2. The van der Waals surface area contributed by atoms with Crippen LogP contribution in [0.2, 0.25) is 0 Å². The number of carbonyl (C=O) groups excluding carboxylic acids is 1. The zero-order chi connectivity index (χ0) is 18.6. The van der Waals surface area contributed by atoms with Gasteiger partial charge in [0.1, 0.15) is 5.75 Å². The standard InChI is InChI=1S/C19H19N3O4S/c1-24-13-4-5-14-15(10-13)22-19(21-14)27-11-18(23)20-12-3-6-16-17(9-12)26-8-2-7-25-16/h3-6,9-10H,2,7-8,11H2,1H3,(H,20,23)(H,21,22). The lowest BCUT2D eigenvalue weighted by Crippen LogP contribution is -2.14. The van der Waals surface area contributed by atoms with Crippen molar-refractivity contribution >= 4 is 34.4 Å². The molecule has 4 rings (SSSR count). The van der Waals surface area contributed by atoms with Crippen LogP contribution in [0.15, 0.2) is 41.6 Å². The predicted molar refractivity (Wildman–Crippen MR) is 104 cm³/mol. The number of aromatic nitrogens is 2. The fraction of sp³-hybridized carbons (Fsp3) is 0.263. The molecule has 0 saturated heterocycles. The quantitative estimate of drug-likeness (QED) is 0.654. The van der Waals surface area contributed by atoms with Crippen LogP contribution in [0.4, 0.5) is 5.69 Å². The van der Waals surface area contributed by atoms with E-state index in [1.54, 1.807) is 13.2 Å². The first-order chi connectivity index (χ1) is 13.2. The van der Waals surface area contributed by atoms with Crippen LogP contribution in [-0.2, 0) is 4.79 Å². The largest absolute Gasteiger partial charge is 0.497 e. The molecule has 3 aromatic rings. The molecule has 7 nitrogen and oxygen atoms in total. The summed E-state index contributed by atoms with van der Waals surface area (Å²) in [5, 5.41) is 3.56. The maximum Gasteiger partial charge on any atom is 0.234 e. The average molecular weight is 385 g/mol. The molecule has 0 unspecified atom stereocenters. The zero-order valence-corrected chi connectivity index (χ0v) is 15.6. The van der Waals surface area contributed by atoms with Gasteiger partial charge in [-0.3, -0.25) is 4.79 Å². The van der Waals surface area contributed by atoms with Crippen LogP contribution in [0.25, 0.3) is 11.0 Å². The number of fused-ring (bicyclic) bond motifs is 2. The molecule has 0 aliphatic carbocycles. The van der Waals surface area contributed by atoms with Crippen LogP contribution in [0.3, 0.4) is 0 Å². The van der Waals surface area contributed by atoms with E-state index in [1.807, 2.05) is 30.3 Å². The number of nitrogens with zero attached hydrogens (tertiary/aromatic N) is 1. The Balaban J connectivity index is 1.37. The second-order valence-corrected chi connectivity index (χ2v) is 6.94. The van der Waals surface area contributed by atoms with Crippen molar-refractivity contribution in [3.05, 3.63) is 36.4 Å². The van der Waals surface area contributed by atoms with Gasteiger partial charge in [-0.05, 0) is 24.3 Å². The number of benzene rings is 2. The van der Waals surface area contributed by atoms with Gasteiger partial charge in [0.25, 0.3) is 0 Å². The number of thioether (sulfide) groups is 1. The van der Waals surface area contributed by atoms with Crippen molar-refractivity contribution in [2.24, 2.45) is 0 Å². The van der Waals surface area contributed by atoms with Gasteiger partial charge in [-0.2, -0.15) is 0 Å². The average Bonchev–Trinajstić information content (AvgIpc) is 2.94. The number of aromatic amines is 1. The van der Waals surface area contributed by atoms with E-state index >= 15 is 0 Å². The Bertz CT molecular complexity index is 973. The molecule has 8 heteroatoms. The molecule has 1 aliphatic rings. The number of rotatable bonds is 5. The number of methoxy groups -OCH3 is 1. The first-order valence-electron chi connectivity index (χ1n) is 8.57. The molecule has 0 radical (unpaired) electrons. The Kier molecular flexibility index (Phi) is 5.06. The van der Waals surface area contributed by atoms with Crippen molar-refractivity contribution in [3.63, 3.8) is 0 Å². The molecule has 2 aromatic carbocycles. The third-order valence-corrected chi connectivity index (χ3v) is 4.91. The Morgan fingerprint density at radius 3 is 2.93 bits per heavy atom. The molecule has 0 saturated carbocycles. The fourth-order valence-corrected chi connectivity index (χ4v) is 3.42. The molecule has 1 amide bonds. The highest BCUT2D eigenvalue weighted by Gasteiger charge is 2.13. The van der Waals surface area contributed by atoms with Gasteiger partial charge in [-0.25, -0.2) is 4.98 Å². The molecule has 1 aliphatic heterocycles. The maximum atomic E-state index is 12.3. The van der Waals surface area contributed by atoms with Crippen molar-refractivity contribution in [2.45, 2.75) is 11.6 Å². The van der Waals surface area contributed by atoms with E-state index in [0.717, 1.165) is 23.2 Å². The van der Waals surface area contributed by atoms with Crippen LogP contribution < -0.4 is 19.5 Å². The lowest BCUT2D eigenvalue weighted by atomic mass is 10.2. The summed E-state index contributed by atoms with van der Waals surface area (Å²) in [5.74, 6) is 2.25. The van der Waals surface area contributed by atoms with Gasteiger partial charge >= 0.3 is 0 Å². The molecule has 2 heterocycles. The molecule has 0 bridgehead atoms. The Morgan fingerprint density at radius 2 is 2.07 bits per heavy atom. The van der Waals surface area contributed by atoms with E-state index in [0.29, 0.717) is 35.6 Å². The minimum atomic E-state index is -0.118. The summed E-state index contributed by atoms with van der Waals surface area (Å²) < 4.78 is 16.4. The van der Waals surface area contributed by atoms with Crippen molar-refractivity contribution in [1.82, 2.24) is 9.97 Å². The van der Waals surface area contributed by atoms with Crippen LogP contribution in [-0.4, -0.2) is 42.0 Å². The van der Waals surface area contributed by atoms with E-state index in [9.17, 15) is 4.79 Å². The highest BCUT2D eigenvalue weighted by atomic mass is 32.2. The van der Waals surface area contributed by atoms with Crippen molar-refractivity contribution < 1.29 is 19.0 Å². The SMILES string of the molecule is COc1ccc2nc(SCC(=O)Nc3ccc4c(c3)OCCCO4)[nH]c2c1. The monoisotopic (exact) mass is 385 g/mol. The summed E-state index contributed by atoms with van der Waals surface area (Å²) in [6, 6.07) is 11.0. The van der Waals surface area contributed by atoms with Crippen LogP contribution in [0.5, 0.6) is 17.2 Å². The minimum absolute atomic E-state index is 0.118. The van der Waals surface area contributed by atoms with Gasteiger partial charge in [0, 0.05) is 24.2 Å². The molecular formula is C19H19N3O4S. The number of hydrogen-bond donors (Lipinski definition) is 2. The van der Waals surface area contributed by atoms with Crippen LogP contribution >= 0.6 is 11.8 Å². The Hall–Kier alpha value is -2.87. The molecule has 27 heavy (non-hydrogen) atoms. The van der Waals surface area contributed by atoms with E-state index in [-0.39, 0.29) is 11.7 Å². The van der Waals surface area contributed by atoms with Crippen molar-refractivity contribution in [1.29, 1.82) is 0 Å². The van der Waals surface area contributed by atoms with Gasteiger partial charge in [-0.15, -0.1) is 0 Å². The van der Waals surface area contributed by atoms with Gasteiger partial charge in [-0.1, -0.05) is 11.8 Å². The second kappa shape index (κ2) is 7.79. The molecule has 2 N–H and O–H groups in total. The molecule has 1 aromatic heterocycles. The topological polar surface area (TPSA) is 85.5 Å². The first kappa shape index (κ1) is 17.5. The first-order valence-corrected chi connectivity index (χ1v) is 9.56. The molecule has 140 valence electrons. The molecule has 0 atom stereocenters. The molecule has 0 fully saturated rings. The lowest BCUT2D eigenvalue weighted by Gasteiger charge is -2.10. The molecule has 0 spiro atoms. The minimum Gasteiger partial charge on any atom is -0.497 e. The summed E-state index contributed by atoms with van der Waals surface area (Å²) in [6.45, 7) is 1.25. The Labute approximate surface area is 160 Å². The van der Waals surface area contributed by atoms with Gasteiger partial charge in [0.2, 0.25) is 5.91 Å². The summed E-state index contributed by atoms with van der Waals surface area (Å²) >= 11 is 1.34. The zero-order valence-electron chi connectivity index (χ0n) is 14.8. The number of amides is 1. The van der Waals surface area contributed by atoms with Gasteiger partial charge < -0.3 is 24.5 Å². The van der Waals surface area contributed by atoms with Crippen molar-refractivity contribution in [2.75, 3.05) is 31.4 Å². The number of hydrogen-bond acceptors (Lipinski definition) is 6.